The van der Waals surface area contributed by atoms with E-state index in [0.717, 1.165) is 18.4 Å². The molecule has 0 aliphatic heterocycles. The lowest BCUT2D eigenvalue weighted by molar-refractivity contribution is -0.113. The minimum Gasteiger partial charge on any atom is -0.295 e. The summed E-state index contributed by atoms with van der Waals surface area (Å²) in [6, 6.07) is 0. The van der Waals surface area contributed by atoms with Gasteiger partial charge in [0.25, 0.3) is 0 Å². The molecule has 0 fully saturated rings. The molecule has 0 aromatic rings. The molecule has 0 spiro atoms. The SMILES string of the molecule is CSC1=C(C(C)=O)CCCC1. The maximum atomic E-state index is 11.1. The second-order valence-electron chi connectivity index (χ2n) is 2.87. The van der Waals surface area contributed by atoms with E-state index in [2.05, 4.69) is 6.26 Å². The van der Waals surface area contributed by atoms with Crippen LogP contribution in [0.2, 0.25) is 0 Å². The van der Waals surface area contributed by atoms with E-state index >= 15 is 0 Å². The van der Waals surface area contributed by atoms with E-state index < -0.39 is 0 Å². The first-order chi connectivity index (χ1) is 5.25. The van der Waals surface area contributed by atoms with Gasteiger partial charge in [0.15, 0.2) is 5.78 Å². The standard InChI is InChI=1S/C9H14OS/c1-7(10)8-5-3-4-6-9(8)11-2/h3-6H2,1-2H3. The van der Waals surface area contributed by atoms with Gasteiger partial charge < -0.3 is 0 Å². The molecule has 2 heteroatoms. The van der Waals surface area contributed by atoms with Crippen molar-refractivity contribution in [1.29, 1.82) is 0 Å². The van der Waals surface area contributed by atoms with Crippen molar-refractivity contribution in [1.82, 2.24) is 0 Å². The fourth-order valence-corrected chi connectivity index (χ4v) is 2.32. The van der Waals surface area contributed by atoms with Crippen LogP contribution < -0.4 is 0 Å². The van der Waals surface area contributed by atoms with E-state index in [9.17, 15) is 4.79 Å². The summed E-state index contributed by atoms with van der Waals surface area (Å²) in [5.41, 5.74) is 1.09. The van der Waals surface area contributed by atoms with Gasteiger partial charge in [0, 0.05) is 5.57 Å². The largest absolute Gasteiger partial charge is 0.295 e. The number of rotatable bonds is 2. The van der Waals surface area contributed by atoms with E-state index in [4.69, 9.17) is 0 Å². The number of thioether (sulfide) groups is 1. The molecule has 1 nitrogen and oxygen atoms in total. The number of carbonyl (C=O) groups is 1. The number of Topliss-reactive ketones (excluding diaryl/α,β-unsaturated/α-hetero) is 1. The Kier molecular flexibility index (Phi) is 3.18. The average molecular weight is 170 g/mol. The van der Waals surface area contributed by atoms with Crippen LogP contribution in [-0.2, 0) is 4.79 Å². The molecule has 62 valence electrons. The van der Waals surface area contributed by atoms with E-state index in [1.807, 2.05) is 0 Å². The minimum absolute atomic E-state index is 0.272. The van der Waals surface area contributed by atoms with Crippen LogP contribution in [0.5, 0.6) is 0 Å². The molecule has 0 unspecified atom stereocenters. The number of allylic oxidation sites excluding steroid dienone is 2. The van der Waals surface area contributed by atoms with Gasteiger partial charge in [-0.25, -0.2) is 0 Å². The van der Waals surface area contributed by atoms with Crippen molar-refractivity contribution in [2.24, 2.45) is 0 Å². The van der Waals surface area contributed by atoms with Crippen molar-refractivity contribution < 1.29 is 4.79 Å². The Hall–Kier alpha value is -0.240. The van der Waals surface area contributed by atoms with Gasteiger partial charge in [0.2, 0.25) is 0 Å². The zero-order chi connectivity index (χ0) is 8.27. The fraction of sp³-hybridized carbons (Fsp3) is 0.667. The molecule has 0 bridgehead atoms. The fourth-order valence-electron chi connectivity index (χ4n) is 1.48. The number of ketones is 1. The van der Waals surface area contributed by atoms with Crippen LogP contribution >= 0.6 is 11.8 Å². The normalized spacial score (nSPS) is 18.7. The first-order valence-electron chi connectivity index (χ1n) is 4.02. The first kappa shape index (κ1) is 8.85. The zero-order valence-corrected chi connectivity index (χ0v) is 7.96. The molecular weight excluding hydrogens is 156 g/mol. The van der Waals surface area contributed by atoms with Crippen LogP contribution in [0, 0.1) is 0 Å². The van der Waals surface area contributed by atoms with Crippen molar-refractivity contribution in [2.45, 2.75) is 32.6 Å². The summed E-state index contributed by atoms with van der Waals surface area (Å²) in [5, 5.41) is 0. The molecule has 1 rings (SSSR count). The number of carbonyl (C=O) groups excluding carboxylic acids is 1. The zero-order valence-electron chi connectivity index (χ0n) is 7.14. The molecular formula is C9H14OS. The van der Waals surface area contributed by atoms with Gasteiger partial charge >= 0.3 is 0 Å². The molecule has 1 aliphatic carbocycles. The highest BCUT2D eigenvalue weighted by Gasteiger charge is 2.14. The summed E-state index contributed by atoms with van der Waals surface area (Å²) >= 11 is 1.74. The molecule has 0 N–H and O–H groups in total. The monoisotopic (exact) mass is 170 g/mol. The molecule has 1 aliphatic rings. The summed E-state index contributed by atoms with van der Waals surface area (Å²) in [6.07, 6.45) is 6.64. The van der Waals surface area contributed by atoms with Gasteiger partial charge in [-0.05, 0) is 43.8 Å². The highest BCUT2D eigenvalue weighted by atomic mass is 32.2. The lowest BCUT2D eigenvalue weighted by atomic mass is 9.97. The third-order valence-corrected chi connectivity index (χ3v) is 3.03. The van der Waals surface area contributed by atoms with E-state index in [0.29, 0.717) is 0 Å². The van der Waals surface area contributed by atoms with Gasteiger partial charge in [-0.1, -0.05) is 0 Å². The maximum absolute atomic E-state index is 11.1. The predicted octanol–water partition coefficient (Wildman–Crippen LogP) is 2.77. The second kappa shape index (κ2) is 3.96. The molecule has 0 amide bonds. The summed E-state index contributed by atoms with van der Waals surface area (Å²) in [4.78, 5) is 12.4. The summed E-state index contributed by atoms with van der Waals surface area (Å²) in [5.74, 6) is 0.272. The highest BCUT2D eigenvalue weighted by molar-refractivity contribution is 8.02. The number of hydrogen-bond donors (Lipinski definition) is 0. The van der Waals surface area contributed by atoms with E-state index in [-0.39, 0.29) is 5.78 Å². The van der Waals surface area contributed by atoms with Gasteiger partial charge in [0.05, 0.1) is 0 Å². The molecule has 0 aromatic heterocycles. The van der Waals surface area contributed by atoms with Crippen LogP contribution in [0.15, 0.2) is 10.5 Å². The van der Waals surface area contributed by atoms with Crippen LogP contribution in [-0.4, -0.2) is 12.0 Å². The average Bonchev–Trinajstić information content (AvgIpc) is 2.04. The maximum Gasteiger partial charge on any atom is 0.156 e. The molecule has 11 heavy (non-hydrogen) atoms. The van der Waals surface area contributed by atoms with Gasteiger partial charge in [-0.3, -0.25) is 4.79 Å². The van der Waals surface area contributed by atoms with Crippen molar-refractivity contribution in [2.75, 3.05) is 6.26 Å². The summed E-state index contributed by atoms with van der Waals surface area (Å²) in [6.45, 7) is 1.68. The van der Waals surface area contributed by atoms with E-state index in [1.54, 1.807) is 18.7 Å². The Morgan fingerprint density at radius 3 is 2.45 bits per heavy atom. The topological polar surface area (TPSA) is 17.1 Å². The van der Waals surface area contributed by atoms with Gasteiger partial charge in [-0.15, -0.1) is 11.8 Å². The van der Waals surface area contributed by atoms with E-state index in [1.165, 1.54) is 17.7 Å². The smallest absolute Gasteiger partial charge is 0.156 e. The molecule has 0 aromatic carbocycles. The van der Waals surface area contributed by atoms with Crippen LogP contribution in [0.3, 0.4) is 0 Å². The Morgan fingerprint density at radius 1 is 1.36 bits per heavy atom. The molecule has 0 radical (unpaired) electrons. The van der Waals surface area contributed by atoms with Crippen molar-refractivity contribution in [3.05, 3.63) is 10.5 Å². The van der Waals surface area contributed by atoms with Gasteiger partial charge in [-0.2, -0.15) is 0 Å². The van der Waals surface area contributed by atoms with Crippen molar-refractivity contribution >= 4 is 17.5 Å². The second-order valence-corrected chi connectivity index (χ2v) is 3.77. The minimum atomic E-state index is 0.272. The molecule has 0 atom stereocenters. The van der Waals surface area contributed by atoms with Crippen LogP contribution in [0.4, 0.5) is 0 Å². The Labute approximate surface area is 72.2 Å². The van der Waals surface area contributed by atoms with Crippen molar-refractivity contribution in [3.8, 4) is 0 Å². The Morgan fingerprint density at radius 2 is 2.00 bits per heavy atom. The van der Waals surface area contributed by atoms with Crippen LogP contribution in [0.25, 0.3) is 0 Å². The Balaban J connectivity index is 2.81. The lowest BCUT2D eigenvalue weighted by Gasteiger charge is -2.16. The molecule has 0 saturated carbocycles. The third kappa shape index (κ3) is 2.09. The lowest BCUT2D eigenvalue weighted by Crippen LogP contribution is -2.04. The first-order valence-corrected chi connectivity index (χ1v) is 5.25. The predicted molar refractivity (Wildman–Crippen MR) is 49.7 cm³/mol. The molecule has 0 heterocycles. The number of hydrogen-bond acceptors (Lipinski definition) is 2. The quantitative estimate of drug-likeness (QED) is 0.634. The highest BCUT2D eigenvalue weighted by Crippen LogP contribution is 2.31. The van der Waals surface area contributed by atoms with Crippen molar-refractivity contribution in [3.63, 3.8) is 0 Å². The summed E-state index contributed by atoms with van der Waals surface area (Å²) in [7, 11) is 0. The van der Waals surface area contributed by atoms with Gasteiger partial charge in [0.1, 0.15) is 0 Å². The molecule has 0 saturated heterocycles. The third-order valence-electron chi connectivity index (χ3n) is 2.09. The Bertz CT molecular complexity index is 194. The van der Waals surface area contributed by atoms with Crippen LogP contribution in [0.1, 0.15) is 32.6 Å². The summed E-state index contributed by atoms with van der Waals surface area (Å²) < 4.78 is 0.